The molecule has 0 aliphatic carbocycles. The Morgan fingerprint density at radius 3 is 2.95 bits per heavy atom. The van der Waals surface area contributed by atoms with E-state index in [2.05, 4.69) is 11.4 Å². The number of esters is 1. The molecule has 0 bridgehead atoms. The van der Waals surface area contributed by atoms with Gasteiger partial charge in [-0.2, -0.15) is 0 Å². The molecule has 1 N–H and O–H groups in total. The first-order chi connectivity index (χ1) is 10.7. The lowest BCUT2D eigenvalue weighted by Gasteiger charge is -2.12. The van der Waals surface area contributed by atoms with E-state index in [-0.39, 0.29) is 12.1 Å². The van der Waals surface area contributed by atoms with Gasteiger partial charge in [-0.3, -0.25) is 0 Å². The van der Waals surface area contributed by atoms with Crippen molar-refractivity contribution < 1.29 is 14.3 Å². The number of nitrogens with one attached hydrogen (secondary N) is 1. The van der Waals surface area contributed by atoms with Crippen LogP contribution in [-0.4, -0.2) is 30.3 Å². The predicted molar refractivity (Wildman–Crippen MR) is 83.0 cm³/mol. The minimum atomic E-state index is -0.316. The minimum Gasteiger partial charge on any atom is -0.488 e. The fourth-order valence-corrected chi connectivity index (χ4v) is 2.77. The predicted octanol–water partition coefficient (Wildman–Crippen LogP) is 1.90. The third-order valence-electron chi connectivity index (χ3n) is 4.01. The van der Waals surface area contributed by atoms with Crippen LogP contribution in [0.15, 0.2) is 36.4 Å². The van der Waals surface area contributed by atoms with Crippen molar-refractivity contribution in [2.24, 2.45) is 7.05 Å². The number of aromatic nitrogens is 1. The smallest absolute Gasteiger partial charge is 0.354 e. The summed E-state index contributed by atoms with van der Waals surface area (Å²) in [6, 6.07) is 11.9. The molecule has 5 heteroatoms. The molecule has 0 radical (unpaired) electrons. The molecule has 1 aliphatic rings. The fraction of sp³-hybridized carbons (Fsp3) is 0.353. The first-order valence-corrected chi connectivity index (χ1v) is 7.37. The second kappa shape index (κ2) is 6.23. The van der Waals surface area contributed by atoms with Crippen molar-refractivity contribution in [3.63, 3.8) is 0 Å². The zero-order valence-corrected chi connectivity index (χ0v) is 12.8. The Labute approximate surface area is 129 Å². The second-order valence-electron chi connectivity index (χ2n) is 5.44. The first kappa shape index (κ1) is 14.7. The molecule has 2 heterocycles. The lowest BCUT2D eigenvalue weighted by atomic mass is 10.1. The SMILES string of the molecule is COC(=O)c1ccc(CNCC2Cc3ccccc3O2)n1C. The molecule has 5 nitrogen and oxygen atoms in total. The molecule has 2 aromatic rings. The van der Waals surface area contributed by atoms with Crippen LogP contribution in [0.5, 0.6) is 5.75 Å². The maximum absolute atomic E-state index is 11.6. The van der Waals surface area contributed by atoms with Gasteiger partial charge < -0.3 is 19.4 Å². The molecule has 0 amide bonds. The van der Waals surface area contributed by atoms with Gasteiger partial charge in [0.2, 0.25) is 0 Å². The van der Waals surface area contributed by atoms with Crippen molar-refractivity contribution in [1.82, 2.24) is 9.88 Å². The summed E-state index contributed by atoms with van der Waals surface area (Å²) in [6.07, 6.45) is 1.10. The van der Waals surface area contributed by atoms with E-state index in [9.17, 15) is 4.79 Å². The quantitative estimate of drug-likeness (QED) is 0.857. The van der Waals surface area contributed by atoms with Gasteiger partial charge in [-0.05, 0) is 23.8 Å². The van der Waals surface area contributed by atoms with E-state index in [0.717, 1.165) is 24.4 Å². The van der Waals surface area contributed by atoms with Gasteiger partial charge in [0.05, 0.1) is 7.11 Å². The zero-order chi connectivity index (χ0) is 15.5. The van der Waals surface area contributed by atoms with Gasteiger partial charge in [0.1, 0.15) is 17.5 Å². The number of carbonyl (C=O) groups is 1. The Morgan fingerprint density at radius 1 is 1.36 bits per heavy atom. The lowest BCUT2D eigenvalue weighted by molar-refractivity contribution is 0.0589. The Kier molecular flexibility index (Phi) is 4.15. The number of hydrogen-bond acceptors (Lipinski definition) is 4. The Balaban J connectivity index is 1.52. The molecular weight excluding hydrogens is 280 g/mol. The van der Waals surface area contributed by atoms with Crippen molar-refractivity contribution in [1.29, 1.82) is 0 Å². The summed E-state index contributed by atoms with van der Waals surface area (Å²) in [6.45, 7) is 1.46. The molecule has 1 aliphatic heterocycles. The van der Waals surface area contributed by atoms with Crippen molar-refractivity contribution in [3.05, 3.63) is 53.3 Å². The van der Waals surface area contributed by atoms with E-state index in [1.165, 1.54) is 12.7 Å². The highest BCUT2D eigenvalue weighted by Gasteiger charge is 2.21. The number of nitrogens with zero attached hydrogens (tertiary/aromatic N) is 1. The zero-order valence-electron chi connectivity index (χ0n) is 12.8. The average molecular weight is 300 g/mol. The number of fused-ring (bicyclic) bond motifs is 1. The number of para-hydroxylation sites is 1. The Hall–Kier alpha value is -2.27. The molecule has 0 spiro atoms. The molecule has 0 fully saturated rings. The van der Waals surface area contributed by atoms with Crippen LogP contribution in [0.3, 0.4) is 0 Å². The highest BCUT2D eigenvalue weighted by Crippen LogP contribution is 2.27. The topological polar surface area (TPSA) is 52.5 Å². The maximum atomic E-state index is 11.6. The number of hydrogen-bond donors (Lipinski definition) is 1. The van der Waals surface area contributed by atoms with E-state index < -0.39 is 0 Å². The fourth-order valence-electron chi connectivity index (χ4n) is 2.77. The summed E-state index contributed by atoms with van der Waals surface area (Å²) >= 11 is 0. The Bertz CT molecular complexity index is 653. The highest BCUT2D eigenvalue weighted by atomic mass is 16.5. The van der Waals surface area contributed by atoms with Crippen LogP contribution in [-0.2, 0) is 24.8 Å². The number of carbonyl (C=O) groups excluding carboxylic acids is 1. The van der Waals surface area contributed by atoms with Crippen LogP contribution < -0.4 is 10.1 Å². The summed E-state index contributed by atoms with van der Waals surface area (Å²) in [5, 5.41) is 3.39. The van der Waals surface area contributed by atoms with Gasteiger partial charge in [-0.25, -0.2) is 4.79 Å². The molecule has 116 valence electrons. The summed E-state index contributed by atoms with van der Waals surface area (Å²) in [5.41, 5.74) is 2.86. The number of benzene rings is 1. The Morgan fingerprint density at radius 2 is 2.18 bits per heavy atom. The molecular formula is C17H20N2O3. The van der Waals surface area contributed by atoms with Crippen molar-refractivity contribution in [2.45, 2.75) is 19.1 Å². The summed E-state index contributed by atoms with van der Waals surface area (Å²) < 4.78 is 12.5. The third-order valence-corrected chi connectivity index (χ3v) is 4.01. The molecule has 0 saturated carbocycles. The van der Waals surface area contributed by atoms with Crippen LogP contribution in [0.25, 0.3) is 0 Å². The number of rotatable bonds is 5. The maximum Gasteiger partial charge on any atom is 0.354 e. The van der Waals surface area contributed by atoms with Crippen molar-refractivity contribution in [3.8, 4) is 5.75 Å². The van der Waals surface area contributed by atoms with E-state index in [1.54, 1.807) is 6.07 Å². The van der Waals surface area contributed by atoms with E-state index >= 15 is 0 Å². The second-order valence-corrected chi connectivity index (χ2v) is 5.44. The standard InChI is InChI=1S/C17H20N2O3/c1-19-13(7-8-15(19)17(20)21-2)10-18-11-14-9-12-5-3-4-6-16(12)22-14/h3-8,14,18H,9-11H2,1-2H3. The number of ether oxygens (including phenoxy) is 2. The molecule has 0 saturated heterocycles. The van der Waals surface area contributed by atoms with Gasteiger partial charge in [-0.1, -0.05) is 18.2 Å². The van der Waals surface area contributed by atoms with Crippen LogP contribution in [0, 0.1) is 0 Å². The third kappa shape index (κ3) is 2.85. The average Bonchev–Trinajstić information content (AvgIpc) is 3.10. The molecule has 1 unspecified atom stereocenters. The molecule has 1 aromatic heterocycles. The van der Waals surface area contributed by atoms with E-state index in [1.807, 2.05) is 35.9 Å². The van der Waals surface area contributed by atoms with Crippen LogP contribution in [0.4, 0.5) is 0 Å². The molecule has 3 rings (SSSR count). The summed E-state index contributed by atoms with van der Waals surface area (Å²) in [7, 11) is 3.26. The monoisotopic (exact) mass is 300 g/mol. The lowest BCUT2D eigenvalue weighted by Crippen LogP contribution is -2.30. The van der Waals surface area contributed by atoms with Gasteiger partial charge in [0.25, 0.3) is 0 Å². The van der Waals surface area contributed by atoms with Gasteiger partial charge >= 0.3 is 5.97 Å². The summed E-state index contributed by atoms with van der Waals surface area (Å²) in [4.78, 5) is 11.6. The largest absolute Gasteiger partial charge is 0.488 e. The molecule has 1 aromatic carbocycles. The van der Waals surface area contributed by atoms with Crippen molar-refractivity contribution in [2.75, 3.05) is 13.7 Å². The van der Waals surface area contributed by atoms with Crippen LogP contribution in [0.2, 0.25) is 0 Å². The molecule has 22 heavy (non-hydrogen) atoms. The minimum absolute atomic E-state index is 0.165. The highest BCUT2D eigenvalue weighted by molar-refractivity contribution is 5.87. The number of methoxy groups -OCH3 is 1. The van der Waals surface area contributed by atoms with Gasteiger partial charge in [-0.15, -0.1) is 0 Å². The summed E-state index contributed by atoms with van der Waals surface area (Å²) in [5.74, 6) is 0.671. The van der Waals surface area contributed by atoms with Gasteiger partial charge in [0.15, 0.2) is 0 Å². The first-order valence-electron chi connectivity index (χ1n) is 7.37. The van der Waals surface area contributed by atoms with Crippen molar-refractivity contribution >= 4 is 5.97 Å². The normalized spacial score (nSPS) is 16.2. The van der Waals surface area contributed by atoms with Crippen LogP contribution in [0.1, 0.15) is 21.7 Å². The van der Waals surface area contributed by atoms with E-state index in [4.69, 9.17) is 9.47 Å². The van der Waals surface area contributed by atoms with Crippen LogP contribution >= 0.6 is 0 Å². The molecule has 1 atom stereocenters. The van der Waals surface area contributed by atoms with Gasteiger partial charge in [0, 0.05) is 32.3 Å². The van der Waals surface area contributed by atoms with E-state index in [0.29, 0.717) is 12.2 Å².